The molecule has 5 rings (SSSR count). The van der Waals surface area contributed by atoms with Gasteiger partial charge in [0.15, 0.2) is 5.69 Å². The van der Waals surface area contributed by atoms with E-state index in [4.69, 9.17) is 4.74 Å². The number of nitrogens with one attached hydrogen (secondary N) is 1. The molecule has 0 bridgehead atoms. The minimum atomic E-state index is -0.434. The molecule has 0 aliphatic rings. The Balaban J connectivity index is 1.44. The SMILES string of the molecule is COC(=O)c1ccc(/C=N\NC(=O)c2cc(-c3ccc4ccccc4c3)n(-c3cccc(C)c3)n2)cc1. The van der Waals surface area contributed by atoms with Crippen LogP contribution in [-0.2, 0) is 4.74 Å². The van der Waals surface area contributed by atoms with Crippen molar-refractivity contribution < 1.29 is 14.3 Å². The number of methoxy groups -OCH3 is 1. The fraction of sp³-hybridized carbons (Fsp3) is 0.0667. The Bertz CT molecular complexity index is 1630. The summed E-state index contributed by atoms with van der Waals surface area (Å²) >= 11 is 0. The number of ether oxygens (including phenoxy) is 1. The molecular formula is C30H24N4O3. The van der Waals surface area contributed by atoms with E-state index in [1.54, 1.807) is 35.0 Å². The zero-order valence-electron chi connectivity index (χ0n) is 20.4. The van der Waals surface area contributed by atoms with Gasteiger partial charge in [-0.05, 0) is 65.2 Å². The number of benzene rings is 4. The summed E-state index contributed by atoms with van der Waals surface area (Å²) in [6, 6.07) is 30.8. The average molecular weight is 489 g/mol. The first-order chi connectivity index (χ1) is 18.0. The van der Waals surface area contributed by atoms with Crippen molar-refractivity contribution >= 4 is 28.9 Å². The van der Waals surface area contributed by atoms with Gasteiger partial charge in [0.1, 0.15) is 0 Å². The number of nitrogens with zero attached hydrogens (tertiary/aromatic N) is 3. The van der Waals surface area contributed by atoms with Crippen LogP contribution in [0.15, 0.2) is 102 Å². The molecule has 1 N–H and O–H groups in total. The van der Waals surface area contributed by atoms with Gasteiger partial charge in [0.2, 0.25) is 0 Å². The first-order valence-corrected chi connectivity index (χ1v) is 11.7. The molecule has 5 aromatic rings. The van der Waals surface area contributed by atoms with Gasteiger partial charge in [-0.15, -0.1) is 0 Å². The van der Waals surface area contributed by atoms with Crippen molar-refractivity contribution in [3.05, 3.63) is 119 Å². The van der Waals surface area contributed by atoms with E-state index < -0.39 is 11.9 Å². The van der Waals surface area contributed by atoms with Gasteiger partial charge < -0.3 is 4.74 Å². The van der Waals surface area contributed by atoms with Crippen LogP contribution in [0.2, 0.25) is 0 Å². The molecule has 0 aliphatic heterocycles. The second kappa shape index (κ2) is 10.3. The van der Waals surface area contributed by atoms with E-state index >= 15 is 0 Å². The van der Waals surface area contributed by atoms with Crippen LogP contribution in [0.4, 0.5) is 0 Å². The minimum Gasteiger partial charge on any atom is -0.465 e. The van der Waals surface area contributed by atoms with E-state index in [-0.39, 0.29) is 5.69 Å². The summed E-state index contributed by atoms with van der Waals surface area (Å²) in [4.78, 5) is 24.5. The minimum absolute atomic E-state index is 0.239. The van der Waals surface area contributed by atoms with E-state index in [9.17, 15) is 9.59 Å². The number of hydrogen-bond acceptors (Lipinski definition) is 5. The second-order valence-corrected chi connectivity index (χ2v) is 8.54. The fourth-order valence-electron chi connectivity index (χ4n) is 4.05. The molecule has 0 atom stereocenters. The molecule has 0 saturated heterocycles. The maximum absolute atomic E-state index is 13.0. The van der Waals surface area contributed by atoms with Crippen LogP contribution in [0.25, 0.3) is 27.7 Å². The smallest absolute Gasteiger partial charge is 0.337 e. The highest BCUT2D eigenvalue weighted by molar-refractivity contribution is 5.95. The van der Waals surface area contributed by atoms with Crippen LogP contribution in [0.1, 0.15) is 32.0 Å². The summed E-state index contributed by atoms with van der Waals surface area (Å²) < 4.78 is 6.48. The Morgan fingerprint density at radius 1 is 0.892 bits per heavy atom. The molecule has 1 amide bonds. The van der Waals surface area contributed by atoms with Crippen LogP contribution < -0.4 is 5.43 Å². The van der Waals surface area contributed by atoms with Gasteiger partial charge in [-0.25, -0.2) is 14.9 Å². The lowest BCUT2D eigenvalue weighted by Gasteiger charge is -2.09. The molecule has 7 heteroatoms. The lowest BCUT2D eigenvalue weighted by Crippen LogP contribution is -2.18. The largest absolute Gasteiger partial charge is 0.465 e. The Morgan fingerprint density at radius 2 is 1.68 bits per heavy atom. The molecule has 7 nitrogen and oxygen atoms in total. The van der Waals surface area contributed by atoms with Crippen molar-refractivity contribution in [2.75, 3.05) is 7.11 Å². The highest BCUT2D eigenvalue weighted by Gasteiger charge is 2.17. The third-order valence-electron chi connectivity index (χ3n) is 5.94. The van der Waals surface area contributed by atoms with Crippen molar-refractivity contribution in [1.82, 2.24) is 15.2 Å². The number of fused-ring (bicyclic) bond motifs is 1. The van der Waals surface area contributed by atoms with Crippen LogP contribution in [0.3, 0.4) is 0 Å². The van der Waals surface area contributed by atoms with Crippen molar-refractivity contribution in [2.24, 2.45) is 5.10 Å². The first-order valence-electron chi connectivity index (χ1n) is 11.7. The van der Waals surface area contributed by atoms with E-state index in [1.807, 2.05) is 49.4 Å². The monoisotopic (exact) mass is 488 g/mol. The molecule has 1 aromatic heterocycles. The molecule has 4 aromatic carbocycles. The Labute approximate surface area is 214 Å². The zero-order chi connectivity index (χ0) is 25.8. The predicted octanol–water partition coefficient (Wildman–Crippen LogP) is 5.55. The molecule has 37 heavy (non-hydrogen) atoms. The summed E-state index contributed by atoms with van der Waals surface area (Å²) in [5, 5.41) is 10.9. The highest BCUT2D eigenvalue weighted by Crippen LogP contribution is 2.28. The molecule has 0 radical (unpaired) electrons. The van der Waals surface area contributed by atoms with Gasteiger partial charge in [-0.1, -0.05) is 60.7 Å². The number of rotatable bonds is 6. The highest BCUT2D eigenvalue weighted by atomic mass is 16.5. The lowest BCUT2D eigenvalue weighted by molar-refractivity contribution is 0.0600. The average Bonchev–Trinajstić information content (AvgIpc) is 3.38. The number of carbonyl (C=O) groups excluding carboxylic acids is 2. The van der Waals surface area contributed by atoms with Crippen LogP contribution in [0, 0.1) is 6.92 Å². The molecule has 182 valence electrons. The Morgan fingerprint density at radius 3 is 2.43 bits per heavy atom. The third-order valence-corrected chi connectivity index (χ3v) is 5.94. The van der Waals surface area contributed by atoms with Crippen LogP contribution >= 0.6 is 0 Å². The van der Waals surface area contributed by atoms with Gasteiger partial charge in [-0.3, -0.25) is 4.79 Å². The molecule has 0 saturated carbocycles. The third kappa shape index (κ3) is 5.16. The van der Waals surface area contributed by atoms with Crippen LogP contribution in [-0.4, -0.2) is 35.0 Å². The number of amides is 1. The Kier molecular flexibility index (Phi) is 6.59. The standard InChI is InChI=1S/C30H24N4O3/c1-20-6-5-9-26(16-20)34-28(25-15-14-22-7-3-4-8-24(22)17-25)18-27(33-34)29(35)32-31-19-21-10-12-23(13-11-21)30(36)37-2/h3-19H,1-2H3,(H,32,35)/b31-19-. The number of aromatic nitrogens is 2. The van der Waals surface area contributed by atoms with Crippen molar-refractivity contribution in [3.63, 3.8) is 0 Å². The van der Waals surface area contributed by atoms with Gasteiger partial charge in [0, 0.05) is 5.56 Å². The van der Waals surface area contributed by atoms with Gasteiger partial charge in [0.05, 0.1) is 30.3 Å². The summed E-state index contributed by atoms with van der Waals surface area (Å²) in [6.07, 6.45) is 1.50. The van der Waals surface area contributed by atoms with E-state index in [2.05, 4.69) is 39.9 Å². The summed E-state index contributed by atoms with van der Waals surface area (Å²) in [7, 11) is 1.33. The normalized spacial score (nSPS) is 11.1. The van der Waals surface area contributed by atoms with Crippen molar-refractivity contribution in [2.45, 2.75) is 6.92 Å². The first kappa shape index (κ1) is 23.7. The lowest BCUT2D eigenvalue weighted by atomic mass is 10.0. The van der Waals surface area contributed by atoms with Crippen molar-refractivity contribution in [1.29, 1.82) is 0 Å². The van der Waals surface area contributed by atoms with Gasteiger partial charge in [-0.2, -0.15) is 10.2 Å². The Hall–Kier alpha value is -5.04. The zero-order valence-corrected chi connectivity index (χ0v) is 20.4. The summed E-state index contributed by atoms with van der Waals surface area (Å²) in [5.41, 5.74) is 7.62. The quantitative estimate of drug-likeness (QED) is 0.193. The molecule has 0 spiro atoms. The van der Waals surface area contributed by atoms with E-state index in [0.29, 0.717) is 5.56 Å². The number of hydrazone groups is 1. The molecule has 1 heterocycles. The molecule has 0 fully saturated rings. The summed E-state index contributed by atoms with van der Waals surface area (Å²) in [5.74, 6) is -0.848. The topological polar surface area (TPSA) is 85.6 Å². The van der Waals surface area contributed by atoms with E-state index in [0.717, 1.165) is 38.8 Å². The second-order valence-electron chi connectivity index (χ2n) is 8.54. The fourth-order valence-corrected chi connectivity index (χ4v) is 4.05. The number of carbonyl (C=O) groups is 2. The maximum atomic E-state index is 13.0. The van der Waals surface area contributed by atoms with E-state index in [1.165, 1.54) is 13.3 Å². The molecule has 0 aliphatic carbocycles. The number of aryl methyl sites for hydroxylation is 1. The maximum Gasteiger partial charge on any atom is 0.337 e. The molecule has 0 unspecified atom stereocenters. The summed E-state index contributed by atoms with van der Waals surface area (Å²) in [6.45, 7) is 2.02. The molecular weight excluding hydrogens is 464 g/mol. The van der Waals surface area contributed by atoms with Crippen LogP contribution in [0.5, 0.6) is 0 Å². The number of esters is 1. The van der Waals surface area contributed by atoms with Gasteiger partial charge >= 0.3 is 5.97 Å². The van der Waals surface area contributed by atoms with Gasteiger partial charge in [0.25, 0.3) is 5.91 Å². The number of hydrogen-bond donors (Lipinski definition) is 1. The predicted molar refractivity (Wildman–Crippen MR) is 144 cm³/mol. The van der Waals surface area contributed by atoms with Crippen molar-refractivity contribution in [3.8, 4) is 16.9 Å².